The summed E-state index contributed by atoms with van der Waals surface area (Å²) in [4.78, 5) is 0.320. The van der Waals surface area contributed by atoms with Crippen molar-refractivity contribution in [3.63, 3.8) is 0 Å². The van der Waals surface area contributed by atoms with Crippen molar-refractivity contribution >= 4 is 15.7 Å². The molecule has 4 N–H and O–H groups in total. The molecule has 0 aliphatic carbocycles. The molecule has 0 fully saturated rings. The van der Waals surface area contributed by atoms with Gasteiger partial charge in [0, 0.05) is 13.1 Å². The van der Waals surface area contributed by atoms with Crippen molar-refractivity contribution in [3.05, 3.63) is 24.3 Å². The average molecular weight is 313 g/mol. The maximum absolute atomic E-state index is 12.2. The quantitative estimate of drug-likeness (QED) is 0.547. The van der Waals surface area contributed by atoms with Gasteiger partial charge in [-0.2, -0.15) is 0 Å². The maximum Gasteiger partial charge on any atom is 0.242 e. The Balaban J connectivity index is 2.59. The first kappa shape index (κ1) is 17.9. The van der Waals surface area contributed by atoms with Crippen molar-refractivity contribution in [2.75, 3.05) is 25.0 Å². The summed E-state index contributed by atoms with van der Waals surface area (Å²) in [6.07, 6.45) is 5.06. The summed E-state index contributed by atoms with van der Waals surface area (Å²) in [5.41, 5.74) is 6.12. The Labute approximate surface area is 128 Å². The van der Waals surface area contributed by atoms with Gasteiger partial charge in [0.2, 0.25) is 10.0 Å². The largest absolute Gasteiger partial charge is 0.384 e. The molecular weight excluding hydrogens is 286 g/mol. The van der Waals surface area contributed by atoms with E-state index in [0.29, 0.717) is 17.1 Å². The lowest BCUT2D eigenvalue weighted by Crippen LogP contribution is -2.25. The highest BCUT2D eigenvalue weighted by Crippen LogP contribution is 2.20. The Morgan fingerprint density at radius 1 is 1.05 bits per heavy atom. The monoisotopic (exact) mass is 313 g/mol. The second kappa shape index (κ2) is 9.76. The van der Waals surface area contributed by atoms with E-state index in [1.54, 1.807) is 18.2 Å². The molecule has 0 amide bonds. The minimum absolute atomic E-state index is 0.320. The van der Waals surface area contributed by atoms with Gasteiger partial charge < -0.3 is 11.1 Å². The van der Waals surface area contributed by atoms with Crippen LogP contribution in [0.5, 0.6) is 0 Å². The van der Waals surface area contributed by atoms with E-state index < -0.39 is 10.0 Å². The van der Waals surface area contributed by atoms with Gasteiger partial charge in [0.25, 0.3) is 0 Å². The van der Waals surface area contributed by atoms with Crippen molar-refractivity contribution in [3.8, 4) is 0 Å². The topological polar surface area (TPSA) is 84.2 Å². The number of sulfonamides is 1. The van der Waals surface area contributed by atoms with Gasteiger partial charge in [0.15, 0.2) is 0 Å². The Kier molecular flexibility index (Phi) is 8.34. The summed E-state index contributed by atoms with van der Waals surface area (Å²) in [6.45, 7) is 3.90. The van der Waals surface area contributed by atoms with Crippen LogP contribution in [0.15, 0.2) is 29.2 Å². The van der Waals surface area contributed by atoms with Gasteiger partial charge >= 0.3 is 0 Å². The van der Waals surface area contributed by atoms with Crippen LogP contribution >= 0.6 is 0 Å². The Morgan fingerprint density at radius 2 is 1.76 bits per heavy atom. The molecule has 1 aromatic rings. The van der Waals surface area contributed by atoms with Crippen LogP contribution in [0.1, 0.15) is 39.0 Å². The van der Waals surface area contributed by atoms with Gasteiger partial charge in [-0.25, -0.2) is 13.1 Å². The van der Waals surface area contributed by atoms with Crippen LogP contribution in [-0.4, -0.2) is 28.1 Å². The van der Waals surface area contributed by atoms with Gasteiger partial charge in [-0.15, -0.1) is 0 Å². The van der Waals surface area contributed by atoms with Crippen LogP contribution in [0.2, 0.25) is 0 Å². The molecule has 6 heteroatoms. The number of hydrogen-bond acceptors (Lipinski definition) is 4. The first-order valence-corrected chi connectivity index (χ1v) is 9.12. The van der Waals surface area contributed by atoms with Crippen LogP contribution in [0, 0.1) is 0 Å². The molecular formula is C15H27N3O2S. The number of anilines is 1. The summed E-state index contributed by atoms with van der Waals surface area (Å²) in [7, 11) is -3.43. The molecule has 0 bridgehead atoms. The van der Waals surface area contributed by atoms with E-state index in [0.717, 1.165) is 45.2 Å². The van der Waals surface area contributed by atoms with Crippen molar-refractivity contribution in [2.45, 2.75) is 43.9 Å². The van der Waals surface area contributed by atoms with Crippen LogP contribution in [-0.2, 0) is 10.0 Å². The predicted molar refractivity (Wildman–Crippen MR) is 87.9 cm³/mol. The van der Waals surface area contributed by atoms with Gasteiger partial charge in [-0.3, -0.25) is 0 Å². The summed E-state index contributed by atoms with van der Waals surface area (Å²) >= 11 is 0. The Hall–Kier alpha value is -1.11. The van der Waals surface area contributed by atoms with E-state index >= 15 is 0 Å². The number of rotatable bonds is 11. The molecule has 0 saturated carbocycles. The number of nitrogens with one attached hydrogen (secondary N) is 2. The van der Waals surface area contributed by atoms with Crippen molar-refractivity contribution in [1.29, 1.82) is 0 Å². The van der Waals surface area contributed by atoms with E-state index in [4.69, 9.17) is 5.73 Å². The Morgan fingerprint density at radius 3 is 2.48 bits per heavy atom. The van der Waals surface area contributed by atoms with E-state index in [1.807, 2.05) is 13.0 Å². The van der Waals surface area contributed by atoms with E-state index in [2.05, 4.69) is 10.0 Å². The minimum atomic E-state index is -3.43. The first-order chi connectivity index (χ1) is 10.1. The molecule has 1 aromatic carbocycles. The molecule has 21 heavy (non-hydrogen) atoms. The lowest BCUT2D eigenvalue weighted by Gasteiger charge is -2.13. The highest BCUT2D eigenvalue weighted by Gasteiger charge is 2.16. The smallest absolute Gasteiger partial charge is 0.242 e. The summed E-state index contributed by atoms with van der Waals surface area (Å²) < 4.78 is 27.0. The summed E-state index contributed by atoms with van der Waals surface area (Å²) in [5.74, 6) is 0. The molecule has 0 aliphatic rings. The molecule has 0 aromatic heterocycles. The molecule has 120 valence electrons. The lowest BCUT2D eigenvalue weighted by atomic mass is 10.2. The third-order valence-corrected chi connectivity index (χ3v) is 4.68. The third kappa shape index (κ3) is 6.46. The molecule has 1 rings (SSSR count). The molecule has 0 spiro atoms. The fraction of sp³-hybridized carbons (Fsp3) is 0.600. The van der Waals surface area contributed by atoms with Gasteiger partial charge in [-0.1, -0.05) is 31.9 Å². The van der Waals surface area contributed by atoms with Crippen molar-refractivity contribution < 1.29 is 8.42 Å². The zero-order valence-electron chi connectivity index (χ0n) is 12.8. The number of benzene rings is 1. The SMILES string of the molecule is CCCNS(=O)(=O)c1ccccc1NCCCCCCN. The number of para-hydroxylation sites is 1. The standard InChI is InChI=1S/C15H27N3O2S/c1-2-12-18-21(19,20)15-10-6-5-9-14(15)17-13-8-4-3-7-11-16/h5-6,9-10,17-18H,2-4,7-8,11-13,16H2,1H3. The van der Waals surface area contributed by atoms with Gasteiger partial charge in [0.05, 0.1) is 5.69 Å². The third-order valence-electron chi connectivity index (χ3n) is 3.17. The van der Waals surface area contributed by atoms with E-state index in [1.165, 1.54) is 0 Å². The number of unbranched alkanes of at least 4 members (excludes halogenated alkanes) is 3. The molecule has 0 radical (unpaired) electrons. The lowest BCUT2D eigenvalue weighted by molar-refractivity contribution is 0.581. The normalized spacial score (nSPS) is 11.5. The molecule has 0 unspecified atom stereocenters. The van der Waals surface area contributed by atoms with Gasteiger partial charge in [0.1, 0.15) is 4.90 Å². The van der Waals surface area contributed by atoms with E-state index in [-0.39, 0.29) is 0 Å². The molecule has 0 aliphatic heterocycles. The molecule has 0 heterocycles. The molecule has 5 nitrogen and oxygen atoms in total. The summed E-state index contributed by atoms with van der Waals surface area (Å²) in [6, 6.07) is 7.03. The molecule has 0 atom stereocenters. The summed E-state index contributed by atoms with van der Waals surface area (Å²) in [5, 5.41) is 3.22. The average Bonchev–Trinajstić information content (AvgIpc) is 2.49. The zero-order chi connectivity index (χ0) is 15.6. The van der Waals surface area contributed by atoms with Crippen LogP contribution in [0.25, 0.3) is 0 Å². The maximum atomic E-state index is 12.2. The second-order valence-corrected chi connectivity index (χ2v) is 6.76. The van der Waals surface area contributed by atoms with Gasteiger partial charge in [-0.05, 0) is 37.9 Å². The van der Waals surface area contributed by atoms with Crippen LogP contribution < -0.4 is 15.8 Å². The number of nitrogens with two attached hydrogens (primary N) is 1. The highest BCUT2D eigenvalue weighted by molar-refractivity contribution is 7.89. The van der Waals surface area contributed by atoms with Crippen molar-refractivity contribution in [1.82, 2.24) is 4.72 Å². The predicted octanol–water partition coefficient (Wildman–Crippen LogP) is 2.31. The fourth-order valence-corrected chi connectivity index (χ4v) is 3.32. The Bertz CT molecular complexity index is 503. The zero-order valence-corrected chi connectivity index (χ0v) is 13.6. The van der Waals surface area contributed by atoms with Crippen LogP contribution in [0.3, 0.4) is 0 Å². The first-order valence-electron chi connectivity index (χ1n) is 7.64. The molecule has 0 saturated heterocycles. The minimum Gasteiger partial charge on any atom is -0.384 e. The fourth-order valence-electron chi connectivity index (χ4n) is 2.01. The second-order valence-electron chi connectivity index (χ2n) is 5.02. The highest BCUT2D eigenvalue weighted by atomic mass is 32.2. The van der Waals surface area contributed by atoms with Crippen molar-refractivity contribution in [2.24, 2.45) is 5.73 Å². The van der Waals surface area contributed by atoms with Crippen LogP contribution in [0.4, 0.5) is 5.69 Å². The number of hydrogen-bond donors (Lipinski definition) is 3. The van der Waals surface area contributed by atoms with E-state index in [9.17, 15) is 8.42 Å².